The zero-order valence-corrected chi connectivity index (χ0v) is 41.8. The second-order valence-electron chi connectivity index (χ2n) is 22.6. The van der Waals surface area contributed by atoms with Crippen LogP contribution in [-0.2, 0) is 22.6 Å². The van der Waals surface area contributed by atoms with Crippen LogP contribution in [0, 0.1) is 17.2 Å². The summed E-state index contributed by atoms with van der Waals surface area (Å²) in [4.78, 5) is 66.3. The van der Waals surface area contributed by atoms with Gasteiger partial charge in [-0.1, -0.05) is 25.1 Å². The number of nitrogens with one attached hydrogen (secondary N) is 2. The number of hydrogen-bond acceptors (Lipinski definition) is 14. The van der Waals surface area contributed by atoms with Crippen LogP contribution in [0.15, 0.2) is 54.7 Å². The minimum Gasteiger partial charge on any atom is -0.508 e. The lowest BCUT2D eigenvalue weighted by molar-refractivity contribution is -0.136. The molecule has 73 heavy (non-hydrogen) atoms. The molecule has 6 saturated heterocycles. The number of pyridine rings is 1. The van der Waals surface area contributed by atoms with Crippen molar-refractivity contribution in [1.29, 1.82) is 0 Å². The molecule has 9 heterocycles. The van der Waals surface area contributed by atoms with Crippen molar-refractivity contribution < 1.29 is 28.6 Å². The fraction of sp³-hybridized carbons (Fsp3) is 0.536. The van der Waals surface area contributed by atoms with E-state index in [-0.39, 0.29) is 52.5 Å². The molecule has 2 unspecified atom stereocenters. The lowest BCUT2D eigenvalue weighted by Crippen LogP contribution is -2.56. The first-order valence-electron chi connectivity index (χ1n) is 27.0. The Hall–Kier alpha value is -6.01. The summed E-state index contributed by atoms with van der Waals surface area (Å²) in [6.45, 7) is 15.0. The summed E-state index contributed by atoms with van der Waals surface area (Å²) < 4.78 is 23.7. The third kappa shape index (κ3) is 8.93. The van der Waals surface area contributed by atoms with E-state index in [1.807, 2.05) is 30.3 Å². The molecule has 5 aromatic rings. The molecular weight excluding hydrogens is 926 g/mol. The van der Waals surface area contributed by atoms with Crippen LogP contribution in [0.3, 0.4) is 0 Å². The van der Waals surface area contributed by atoms with Crippen molar-refractivity contribution in [2.45, 2.75) is 95.4 Å². The van der Waals surface area contributed by atoms with Gasteiger partial charge in [0.15, 0.2) is 5.82 Å². The zero-order valence-electron chi connectivity index (χ0n) is 41.8. The predicted octanol–water partition coefficient (Wildman–Crippen LogP) is 5.33. The average molecular weight is 992 g/mol. The summed E-state index contributed by atoms with van der Waals surface area (Å²) in [5.41, 5.74) is 4.74. The number of phenolic OH excluding ortho intramolecular Hbond substituents is 1. The lowest BCUT2D eigenvalue weighted by Gasteiger charge is -2.46. The number of nitrogens with zero attached hydrogens (tertiary/aromatic N) is 9. The van der Waals surface area contributed by atoms with Crippen LogP contribution in [0.5, 0.6) is 11.8 Å². The molecule has 382 valence electrons. The van der Waals surface area contributed by atoms with Crippen LogP contribution >= 0.6 is 0 Å². The van der Waals surface area contributed by atoms with E-state index in [0.29, 0.717) is 65.9 Å². The van der Waals surface area contributed by atoms with Crippen molar-refractivity contribution in [3.05, 3.63) is 77.2 Å². The number of hydrogen-bond donors (Lipinski definition) is 3. The van der Waals surface area contributed by atoms with Gasteiger partial charge in [0.2, 0.25) is 11.8 Å². The monoisotopic (exact) mass is 992 g/mol. The Kier molecular flexibility index (Phi) is 12.0. The Bertz CT molecular complexity index is 2990. The number of imide groups is 1. The van der Waals surface area contributed by atoms with Crippen molar-refractivity contribution in [2.24, 2.45) is 11.3 Å². The van der Waals surface area contributed by atoms with E-state index in [9.17, 15) is 19.5 Å². The van der Waals surface area contributed by atoms with Gasteiger partial charge in [-0.3, -0.25) is 29.6 Å². The molecule has 8 aliphatic rings. The van der Waals surface area contributed by atoms with Gasteiger partial charge >= 0.3 is 6.01 Å². The number of halogens is 1. The molecule has 1 saturated carbocycles. The number of benzene rings is 3. The fourth-order valence-electron chi connectivity index (χ4n) is 13.5. The minimum atomic E-state index is -0.599. The first kappa shape index (κ1) is 46.8. The molecule has 2 bridgehead atoms. The molecule has 17 heteroatoms. The van der Waals surface area contributed by atoms with Gasteiger partial charge in [0, 0.05) is 125 Å². The first-order chi connectivity index (χ1) is 35.5. The number of aromatic nitrogens is 3. The lowest BCUT2D eigenvalue weighted by atomic mass is 9.94. The van der Waals surface area contributed by atoms with Gasteiger partial charge in [-0.05, 0) is 123 Å². The van der Waals surface area contributed by atoms with Gasteiger partial charge in [-0.2, -0.15) is 9.97 Å². The fourth-order valence-corrected chi connectivity index (χ4v) is 13.5. The van der Waals surface area contributed by atoms with Gasteiger partial charge in [-0.25, -0.2) is 4.39 Å². The number of rotatable bonds is 13. The summed E-state index contributed by atoms with van der Waals surface area (Å²) in [5, 5.41) is 19.2. The summed E-state index contributed by atoms with van der Waals surface area (Å²) >= 11 is 0. The number of fused-ring (bicyclic) bond motifs is 5. The number of piperazine rings is 2. The second-order valence-corrected chi connectivity index (χ2v) is 22.6. The van der Waals surface area contributed by atoms with Gasteiger partial charge in [0.25, 0.3) is 5.91 Å². The molecule has 16 nitrogen and oxygen atoms in total. The zero-order chi connectivity index (χ0) is 49.5. The van der Waals surface area contributed by atoms with E-state index in [0.717, 1.165) is 138 Å². The van der Waals surface area contributed by atoms with Gasteiger partial charge < -0.3 is 39.7 Å². The standard InChI is InChI=1S/C56H66FN11O5/c1-2-35-4-3-5-36-23-42(69)24-44(48(35)36)50-49(57)51-45(25-58-50)52(67-30-38-6-7-39(31-67)59-38)62-55(61-51)73-33-56(14-15-56)32-64-27-34(28-64)26-63-16-12-40(13-17-63)65-18-20-66(21-19-65)41-8-9-43-37(22-41)29-68(54(43)72)46-10-11-47(70)60-53(46)71/h3-5,8-9,22-25,34,38-40,46,59,69H,2,6-7,10-21,26-33H2,1H3,(H,60,70,71)/t38?,39?,46-/m0/s1. The second kappa shape index (κ2) is 18.7. The average Bonchev–Trinajstić information content (AvgIpc) is 3.97. The van der Waals surface area contributed by atoms with E-state index in [1.165, 1.54) is 12.8 Å². The number of likely N-dealkylation sites (tertiary alicyclic amines) is 2. The Balaban J connectivity index is 0.604. The van der Waals surface area contributed by atoms with Crippen LogP contribution in [0.1, 0.15) is 79.8 Å². The first-order valence-corrected chi connectivity index (χ1v) is 27.0. The highest BCUT2D eigenvalue weighted by molar-refractivity contribution is 6.06. The minimum absolute atomic E-state index is 0.0391. The number of amides is 3. The number of anilines is 2. The van der Waals surface area contributed by atoms with E-state index in [4.69, 9.17) is 19.7 Å². The van der Waals surface area contributed by atoms with Gasteiger partial charge in [-0.15, -0.1) is 0 Å². The molecule has 0 radical (unpaired) electrons. The SMILES string of the molecule is CCc1cccc2cc(O)cc(-c3ncc4c(N5CC6CCC(C5)N6)nc(OCC5(CN6CC(CN7CCC(N8CCN(c9ccc%10c(c9)CN([C@H]9CCC(=O)NC9=O)C%10=O)CC8)CC7)C6)CC5)nc4c3F)c12. The number of aryl methyl sites for hydroxylation is 1. The third-order valence-corrected chi connectivity index (χ3v) is 17.7. The summed E-state index contributed by atoms with van der Waals surface area (Å²) in [6.07, 6.45) is 9.86. The van der Waals surface area contributed by atoms with Crippen molar-refractivity contribution >= 4 is 50.9 Å². The largest absolute Gasteiger partial charge is 0.508 e. The molecule has 7 fully saturated rings. The van der Waals surface area contributed by atoms with Crippen LogP contribution in [0.25, 0.3) is 32.9 Å². The molecule has 13 rings (SSSR count). The van der Waals surface area contributed by atoms with Gasteiger partial charge in [0.1, 0.15) is 28.8 Å². The molecule has 3 aromatic carbocycles. The molecule has 2 aromatic heterocycles. The smallest absolute Gasteiger partial charge is 0.319 e. The van der Waals surface area contributed by atoms with E-state index >= 15 is 4.39 Å². The van der Waals surface area contributed by atoms with Crippen molar-refractivity contribution in [2.75, 3.05) is 94.9 Å². The maximum Gasteiger partial charge on any atom is 0.319 e. The molecule has 3 amide bonds. The summed E-state index contributed by atoms with van der Waals surface area (Å²) in [5.74, 6) is 0.0860. The Morgan fingerprint density at radius 3 is 2.40 bits per heavy atom. The number of ether oxygens (including phenoxy) is 1. The normalized spacial score (nSPS) is 24.9. The number of phenols is 1. The number of aromatic hydroxyl groups is 1. The van der Waals surface area contributed by atoms with Crippen molar-refractivity contribution in [3.8, 4) is 23.0 Å². The van der Waals surface area contributed by atoms with E-state index < -0.39 is 11.9 Å². The summed E-state index contributed by atoms with van der Waals surface area (Å²) in [6, 6.07) is 16.3. The van der Waals surface area contributed by atoms with Crippen LogP contribution in [-0.4, -0.2) is 167 Å². The third-order valence-electron chi connectivity index (χ3n) is 17.7. The summed E-state index contributed by atoms with van der Waals surface area (Å²) in [7, 11) is 0. The Morgan fingerprint density at radius 1 is 0.849 bits per heavy atom. The van der Waals surface area contributed by atoms with Crippen LogP contribution in [0.2, 0.25) is 0 Å². The Labute approximate surface area is 425 Å². The quantitative estimate of drug-likeness (QED) is 0.130. The topological polar surface area (TPSA) is 163 Å². The number of carbonyl (C=O) groups excluding carboxylic acids is 3. The molecule has 0 spiro atoms. The molecule has 1 aliphatic carbocycles. The highest BCUT2D eigenvalue weighted by Gasteiger charge is 2.47. The van der Waals surface area contributed by atoms with Crippen LogP contribution < -0.4 is 25.2 Å². The molecule has 7 aliphatic heterocycles. The number of piperidine rings is 2. The van der Waals surface area contributed by atoms with Gasteiger partial charge in [0.05, 0.1) is 12.0 Å². The maximum atomic E-state index is 17.2. The van der Waals surface area contributed by atoms with Crippen LogP contribution in [0.4, 0.5) is 15.9 Å². The van der Waals surface area contributed by atoms with Crippen molar-refractivity contribution in [3.63, 3.8) is 0 Å². The maximum absolute atomic E-state index is 17.2. The highest BCUT2D eigenvalue weighted by atomic mass is 19.1. The number of carbonyl (C=O) groups is 3. The predicted molar refractivity (Wildman–Crippen MR) is 276 cm³/mol. The van der Waals surface area contributed by atoms with E-state index in [2.05, 4.69) is 48.1 Å². The van der Waals surface area contributed by atoms with E-state index in [1.54, 1.807) is 23.2 Å². The molecular formula is C56H66FN11O5. The molecule has 3 N–H and O–H groups in total. The highest BCUT2D eigenvalue weighted by Crippen LogP contribution is 2.48. The van der Waals surface area contributed by atoms with Crippen molar-refractivity contribution in [1.82, 2.24) is 45.2 Å². The molecule has 3 atom stereocenters. The Morgan fingerprint density at radius 2 is 1.64 bits per heavy atom.